The Balaban J connectivity index is 1.41. The number of hydrogen-bond donors (Lipinski definition) is 2. The van der Waals surface area contributed by atoms with E-state index in [1.807, 2.05) is 0 Å². The third-order valence-electron chi connectivity index (χ3n) is 5.17. The number of nitrogens with one attached hydrogen (secondary N) is 2. The van der Waals surface area contributed by atoms with Gasteiger partial charge < -0.3 is 20.1 Å². The number of carbonyl (C=O) groups excluding carboxylic acids is 4. The molecule has 2 aliphatic rings. The molecule has 0 fully saturated rings. The fraction of sp³-hybridized carbons (Fsp3) is 0.273. The maximum absolute atomic E-state index is 12.9. The summed E-state index contributed by atoms with van der Waals surface area (Å²) in [6.45, 7) is 2.64. The van der Waals surface area contributed by atoms with Gasteiger partial charge in [-0.1, -0.05) is 24.3 Å². The minimum atomic E-state index is -1.17. The van der Waals surface area contributed by atoms with Crippen LogP contribution in [0.15, 0.2) is 48.5 Å². The summed E-state index contributed by atoms with van der Waals surface area (Å²) < 4.78 is 10.7. The molecule has 160 valence electrons. The lowest BCUT2D eigenvalue weighted by molar-refractivity contribution is -0.151. The first-order valence-corrected chi connectivity index (χ1v) is 9.73. The smallest absolute Gasteiger partial charge is 0.310 e. The zero-order valence-corrected chi connectivity index (χ0v) is 17.0. The van der Waals surface area contributed by atoms with Crippen molar-refractivity contribution < 1.29 is 28.7 Å². The molecule has 0 radical (unpaired) electrons. The molecule has 2 aliphatic heterocycles. The fourth-order valence-electron chi connectivity index (χ4n) is 3.54. The molecule has 0 saturated carbocycles. The summed E-state index contributed by atoms with van der Waals surface area (Å²) in [4.78, 5) is 51.1. The Morgan fingerprint density at radius 1 is 1.03 bits per heavy atom. The number of nitrogens with zero attached hydrogens (tertiary/aromatic N) is 1. The molecule has 0 bridgehead atoms. The van der Waals surface area contributed by atoms with Gasteiger partial charge in [-0.05, 0) is 38.1 Å². The van der Waals surface area contributed by atoms with E-state index in [-0.39, 0.29) is 12.3 Å². The van der Waals surface area contributed by atoms with Crippen LogP contribution in [-0.2, 0) is 23.9 Å². The first-order chi connectivity index (χ1) is 14.8. The van der Waals surface area contributed by atoms with Crippen molar-refractivity contribution in [2.45, 2.75) is 31.9 Å². The molecule has 9 nitrogen and oxygen atoms in total. The lowest BCUT2D eigenvalue weighted by Crippen LogP contribution is -2.59. The number of benzene rings is 2. The second kappa shape index (κ2) is 7.75. The maximum Gasteiger partial charge on any atom is 0.310 e. The molecule has 9 heteroatoms. The Morgan fingerprint density at radius 3 is 2.48 bits per heavy atom. The highest BCUT2D eigenvalue weighted by Crippen LogP contribution is 2.36. The van der Waals surface area contributed by atoms with Crippen LogP contribution in [0.1, 0.15) is 20.3 Å². The Labute approximate surface area is 178 Å². The summed E-state index contributed by atoms with van der Waals surface area (Å²) in [5.41, 5.74) is 0.363. The molecular formula is C22H21N3O6. The molecule has 2 aromatic rings. The van der Waals surface area contributed by atoms with Crippen molar-refractivity contribution in [2.75, 3.05) is 22.1 Å². The number of hydrogen-bond acceptors (Lipinski definition) is 6. The van der Waals surface area contributed by atoms with Crippen molar-refractivity contribution >= 4 is 40.8 Å². The van der Waals surface area contributed by atoms with Crippen molar-refractivity contribution in [3.05, 3.63) is 48.5 Å². The van der Waals surface area contributed by atoms with Crippen LogP contribution in [0, 0.1) is 0 Å². The standard InChI is InChI=1S/C22H21N3O6/c1-22(2)21(29)24-13-7-3-5-9-15(13)25(22)18(26)12-30-19(27)11-17-20(28)23-14-8-4-6-10-16(14)31-17/h3-10,17H,11-12H2,1-2H3,(H,23,28)(H,24,29)/t17-/m1/s1. The van der Waals surface area contributed by atoms with Crippen LogP contribution < -0.4 is 20.3 Å². The van der Waals surface area contributed by atoms with E-state index in [1.54, 1.807) is 62.4 Å². The molecule has 2 N–H and O–H groups in total. The number of fused-ring (bicyclic) bond motifs is 2. The van der Waals surface area contributed by atoms with E-state index >= 15 is 0 Å². The van der Waals surface area contributed by atoms with Crippen LogP contribution in [0.5, 0.6) is 5.75 Å². The van der Waals surface area contributed by atoms with Crippen LogP contribution in [-0.4, -0.2) is 41.9 Å². The lowest BCUT2D eigenvalue weighted by Gasteiger charge is -2.41. The van der Waals surface area contributed by atoms with Gasteiger partial charge in [-0.3, -0.25) is 24.1 Å². The first-order valence-electron chi connectivity index (χ1n) is 9.73. The van der Waals surface area contributed by atoms with Crippen molar-refractivity contribution in [3.8, 4) is 5.75 Å². The minimum Gasteiger partial charge on any atom is -0.478 e. The maximum atomic E-state index is 12.9. The van der Waals surface area contributed by atoms with Gasteiger partial charge in [-0.2, -0.15) is 0 Å². The van der Waals surface area contributed by atoms with Gasteiger partial charge in [0.2, 0.25) is 5.91 Å². The number of ether oxygens (including phenoxy) is 2. The number of rotatable bonds is 4. The van der Waals surface area contributed by atoms with Gasteiger partial charge in [0.05, 0.1) is 23.5 Å². The highest BCUT2D eigenvalue weighted by atomic mass is 16.5. The monoisotopic (exact) mass is 423 g/mol. The number of esters is 1. The predicted octanol–water partition coefficient (Wildman–Crippen LogP) is 2.08. The van der Waals surface area contributed by atoms with E-state index in [1.165, 1.54) is 4.90 Å². The largest absolute Gasteiger partial charge is 0.478 e. The summed E-state index contributed by atoms with van der Waals surface area (Å²) in [6.07, 6.45) is -1.41. The second-order valence-electron chi connectivity index (χ2n) is 7.72. The molecule has 2 heterocycles. The van der Waals surface area contributed by atoms with E-state index in [2.05, 4.69) is 10.6 Å². The number of para-hydroxylation sites is 4. The van der Waals surface area contributed by atoms with E-state index < -0.39 is 36.0 Å². The van der Waals surface area contributed by atoms with E-state index in [9.17, 15) is 19.2 Å². The van der Waals surface area contributed by atoms with Gasteiger partial charge in [0, 0.05) is 0 Å². The molecule has 2 aromatic carbocycles. The molecule has 0 aliphatic carbocycles. The molecule has 0 spiro atoms. The second-order valence-corrected chi connectivity index (χ2v) is 7.72. The number of anilines is 3. The highest BCUT2D eigenvalue weighted by molar-refractivity contribution is 6.14. The summed E-state index contributed by atoms with van der Waals surface area (Å²) in [5, 5.41) is 5.43. The van der Waals surface area contributed by atoms with E-state index in [0.717, 1.165) is 0 Å². The topological polar surface area (TPSA) is 114 Å². The number of amides is 3. The van der Waals surface area contributed by atoms with E-state index in [4.69, 9.17) is 9.47 Å². The van der Waals surface area contributed by atoms with Crippen molar-refractivity contribution in [2.24, 2.45) is 0 Å². The SMILES string of the molecule is CC1(C)C(=O)Nc2ccccc2N1C(=O)COC(=O)C[C@H]1Oc2ccccc2NC1=O. The molecule has 4 rings (SSSR count). The Morgan fingerprint density at radius 2 is 1.71 bits per heavy atom. The van der Waals surface area contributed by atoms with Crippen LogP contribution in [0.3, 0.4) is 0 Å². The summed E-state index contributed by atoms with van der Waals surface area (Å²) >= 11 is 0. The normalized spacial score (nSPS) is 18.6. The molecule has 0 aromatic heterocycles. The van der Waals surface area contributed by atoms with Crippen molar-refractivity contribution in [1.29, 1.82) is 0 Å². The summed E-state index contributed by atoms with van der Waals surface area (Å²) in [5.74, 6) is -1.68. The number of carbonyl (C=O) groups is 4. The first kappa shape index (κ1) is 20.4. The van der Waals surface area contributed by atoms with Crippen molar-refractivity contribution in [1.82, 2.24) is 0 Å². The van der Waals surface area contributed by atoms with Crippen molar-refractivity contribution in [3.63, 3.8) is 0 Å². The van der Waals surface area contributed by atoms with Gasteiger partial charge in [-0.25, -0.2) is 0 Å². The molecule has 31 heavy (non-hydrogen) atoms. The predicted molar refractivity (Wildman–Crippen MR) is 112 cm³/mol. The average molecular weight is 423 g/mol. The Kier molecular flexibility index (Phi) is 5.10. The highest BCUT2D eigenvalue weighted by Gasteiger charge is 2.43. The van der Waals surface area contributed by atoms with Crippen LogP contribution in [0.2, 0.25) is 0 Å². The molecule has 1 atom stereocenters. The third-order valence-corrected chi connectivity index (χ3v) is 5.17. The van der Waals surface area contributed by atoms with Crippen LogP contribution in [0.25, 0.3) is 0 Å². The van der Waals surface area contributed by atoms with E-state index in [0.29, 0.717) is 22.8 Å². The fourth-order valence-corrected chi connectivity index (χ4v) is 3.54. The molecule has 0 saturated heterocycles. The Bertz CT molecular complexity index is 1080. The Hall–Kier alpha value is -3.88. The average Bonchev–Trinajstić information content (AvgIpc) is 2.73. The zero-order valence-electron chi connectivity index (χ0n) is 17.0. The van der Waals surface area contributed by atoms with Gasteiger partial charge in [0.15, 0.2) is 12.7 Å². The quantitative estimate of drug-likeness (QED) is 0.728. The van der Waals surface area contributed by atoms with Gasteiger partial charge in [-0.15, -0.1) is 0 Å². The molecule has 0 unspecified atom stereocenters. The molecular weight excluding hydrogens is 402 g/mol. The third kappa shape index (κ3) is 3.81. The van der Waals surface area contributed by atoms with Crippen LogP contribution in [0.4, 0.5) is 17.1 Å². The summed E-state index contributed by atoms with van der Waals surface area (Å²) in [6, 6.07) is 13.7. The van der Waals surface area contributed by atoms with Gasteiger partial charge >= 0.3 is 5.97 Å². The summed E-state index contributed by atoms with van der Waals surface area (Å²) in [7, 11) is 0. The van der Waals surface area contributed by atoms with Gasteiger partial charge in [0.25, 0.3) is 11.8 Å². The van der Waals surface area contributed by atoms with Gasteiger partial charge in [0.1, 0.15) is 11.3 Å². The lowest BCUT2D eigenvalue weighted by atomic mass is 9.96. The zero-order chi connectivity index (χ0) is 22.2. The van der Waals surface area contributed by atoms with Crippen LogP contribution >= 0.6 is 0 Å². The molecule has 3 amide bonds. The minimum absolute atomic E-state index is 0.350.